The van der Waals surface area contributed by atoms with Gasteiger partial charge in [0.05, 0.1) is 24.0 Å². The molecule has 0 spiro atoms. The molecule has 1 aromatic carbocycles. The summed E-state index contributed by atoms with van der Waals surface area (Å²) in [6, 6.07) is 7.86. The van der Waals surface area contributed by atoms with Crippen LogP contribution in [0.15, 0.2) is 36.7 Å². The molecular weight excluding hydrogens is 274 g/mol. The van der Waals surface area contributed by atoms with Gasteiger partial charge in [0.25, 0.3) is 0 Å². The van der Waals surface area contributed by atoms with Crippen molar-refractivity contribution in [1.82, 2.24) is 9.78 Å². The maximum atomic E-state index is 6.12. The monoisotopic (exact) mass is 293 g/mol. The fourth-order valence-corrected chi connectivity index (χ4v) is 2.19. The van der Waals surface area contributed by atoms with E-state index in [2.05, 4.69) is 24.3 Å². The van der Waals surface area contributed by atoms with Crippen LogP contribution in [-0.2, 0) is 4.74 Å². The number of nitrogens with zero attached hydrogens (tertiary/aromatic N) is 2. The zero-order valence-corrected chi connectivity index (χ0v) is 12.8. The largest absolute Gasteiger partial charge is 0.383 e. The Hall–Kier alpha value is -1.52. The Morgan fingerprint density at radius 2 is 2.20 bits per heavy atom. The first-order valence-corrected chi connectivity index (χ1v) is 7.04. The van der Waals surface area contributed by atoms with Crippen molar-refractivity contribution in [2.75, 3.05) is 19.0 Å². The molecule has 1 unspecified atom stereocenters. The number of aromatic nitrogens is 2. The summed E-state index contributed by atoms with van der Waals surface area (Å²) in [5.74, 6) is 0.444. The van der Waals surface area contributed by atoms with Crippen LogP contribution in [-0.4, -0.2) is 29.5 Å². The van der Waals surface area contributed by atoms with E-state index < -0.39 is 0 Å². The second kappa shape index (κ2) is 6.77. The van der Waals surface area contributed by atoms with E-state index >= 15 is 0 Å². The lowest BCUT2D eigenvalue weighted by Crippen LogP contribution is -2.30. The first-order valence-electron chi connectivity index (χ1n) is 6.67. The standard InChI is InChI=1S/C15H20ClN3O/c1-11(2)14(10-20-3)18-13-9-12(16)5-6-15(13)19-8-4-7-17-19/h4-9,11,14,18H,10H2,1-3H3. The molecule has 0 fully saturated rings. The Morgan fingerprint density at radius 3 is 2.80 bits per heavy atom. The minimum atomic E-state index is 0.216. The molecule has 0 amide bonds. The lowest BCUT2D eigenvalue weighted by Gasteiger charge is -2.24. The van der Waals surface area contributed by atoms with E-state index in [9.17, 15) is 0 Å². The Balaban J connectivity index is 2.32. The number of hydrogen-bond acceptors (Lipinski definition) is 3. The number of hydrogen-bond donors (Lipinski definition) is 1. The van der Waals surface area contributed by atoms with Crippen LogP contribution in [0.4, 0.5) is 5.69 Å². The first kappa shape index (κ1) is 14.9. The van der Waals surface area contributed by atoms with E-state index in [0.29, 0.717) is 17.5 Å². The van der Waals surface area contributed by atoms with Crippen LogP contribution in [0.1, 0.15) is 13.8 Å². The zero-order valence-electron chi connectivity index (χ0n) is 12.0. The summed E-state index contributed by atoms with van der Waals surface area (Å²) in [5, 5.41) is 8.48. The number of ether oxygens (including phenoxy) is 1. The number of rotatable bonds is 6. The molecule has 0 aliphatic rings. The molecule has 108 valence electrons. The van der Waals surface area contributed by atoms with Crippen molar-refractivity contribution in [3.63, 3.8) is 0 Å². The third-order valence-electron chi connectivity index (χ3n) is 3.20. The van der Waals surface area contributed by atoms with Gasteiger partial charge in [-0.05, 0) is 30.2 Å². The normalized spacial score (nSPS) is 12.7. The zero-order chi connectivity index (χ0) is 14.5. The van der Waals surface area contributed by atoms with Gasteiger partial charge in [-0.2, -0.15) is 5.10 Å². The third kappa shape index (κ3) is 3.52. The number of methoxy groups -OCH3 is 1. The molecule has 1 N–H and O–H groups in total. The van der Waals surface area contributed by atoms with Crippen LogP contribution in [0.2, 0.25) is 5.02 Å². The minimum Gasteiger partial charge on any atom is -0.383 e. The molecule has 0 aliphatic heterocycles. The smallest absolute Gasteiger partial charge is 0.0877 e. The van der Waals surface area contributed by atoms with E-state index in [1.807, 2.05) is 35.1 Å². The molecule has 4 nitrogen and oxygen atoms in total. The van der Waals surface area contributed by atoms with Gasteiger partial charge in [-0.25, -0.2) is 4.68 Å². The molecule has 1 heterocycles. The summed E-state index contributed by atoms with van der Waals surface area (Å²) >= 11 is 6.12. The van der Waals surface area contributed by atoms with Crippen LogP contribution in [0.25, 0.3) is 5.69 Å². The topological polar surface area (TPSA) is 39.1 Å². The van der Waals surface area contributed by atoms with Gasteiger partial charge in [-0.15, -0.1) is 0 Å². The number of halogens is 1. The van der Waals surface area contributed by atoms with Gasteiger partial charge in [-0.3, -0.25) is 0 Å². The second-order valence-corrected chi connectivity index (χ2v) is 5.50. The van der Waals surface area contributed by atoms with Crippen LogP contribution < -0.4 is 5.32 Å². The summed E-state index contributed by atoms with van der Waals surface area (Å²) in [4.78, 5) is 0. The molecular formula is C15H20ClN3O. The van der Waals surface area contributed by atoms with E-state index in [1.54, 1.807) is 13.3 Å². The summed E-state index contributed by atoms with van der Waals surface area (Å²) in [5.41, 5.74) is 1.93. The van der Waals surface area contributed by atoms with Gasteiger partial charge in [0.2, 0.25) is 0 Å². The highest BCUT2D eigenvalue weighted by atomic mass is 35.5. The van der Waals surface area contributed by atoms with Crippen LogP contribution >= 0.6 is 11.6 Å². The highest BCUT2D eigenvalue weighted by Crippen LogP contribution is 2.25. The Labute approximate surface area is 124 Å². The predicted molar refractivity (Wildman–Crippen MR) is 82.7 cm³/mol. The fraction of sp³-hybridized carbons (Fsp3) is 0.400. The quantitative estimate of drug-likeness (QED) is 0.884. The number of nitrogens with one attached hydrogen (secondary N) is 1. The SMILES string of the molecule is COCC(Nc1cc(Cl)ccc1-n1cccn1)C(C)C. The molecule has 1 atom stereocenters. The lowest BCUT2D eigenvalue weighted by molar-refractivity contribution is 0.171. The molecule has 0 bridgehead atoms. The van der Waals surface area contributed by atoms with Gasteiger partial charge in [0.15, 0.2) is 0 Å². The second-order valence-electron chi connectivity index (χ2n) is 5.06. The lowest BCUT2D eigenvalue weighted by atomic mass is 10.0. The van der Waals surface area contributed by atoms with Gasteiger partial charge >= 0.3 is 0 Å². The van der Waals surface area contributed by atoms with Crippen molar-refractivity contribution >= 4 is 17.3 Å². The van der Waals surface area contributed by atoms with Gasteiger partial charge in [0, 0.05) is 24.5 Å². The van der Waals surface area contributed by atoms with Crippen molar-refractivity contribution in [2.45, 2.75) is 19.9 Å². The summed E-state index contributed by atoms with van der Waals surface area (Å²) in [7, 11) is 1.71. The summed E-state index contributed by atoms with van der Waals surface area (Å²) in [6.45, 7) is 4.96. The molecule has 5 heteroatoms. The number of anilines is 1. The van der Waals surface area contributed by atoms with E-state index in [4.69, 9.17) is 16.3 Å². The average Bonchev–Trinajstić information content (AvgIpc) is 2.92. The Bertz CT molecular complexity index is 540. The predicted octanol–water partition coefficient (Wildman–Crippen LogP) is 3.61. The van der Waals surface area contributed by atoms with Crippen LogP contribution in [0, 0.1) is 5.92 Å². The molecule has 1 aromatic heterocycles. The van der Waals surface area contributed by atoms with Gasteiger partial charge in [-0.1, -0.05) is 25.4 Å². The molecule has 2 rings (SSSR count). The third-order valence-corrected chi connectivity index (χ3v) is 3.44. The van der Waals surface area contributed by atoms with E-state index in [-0.39, 0.29) is 6.04 Å². The maximum Gasteiger partial charge on any atom is 0.0877 e. The summed E-state index contributed by atoms with van der Waals surface area (Å²) in [6.07, 6.45) is 3.67. The molecule has 20 heavy (non-hydrogen) atoms. The van der Waals surface area contributed by atoms with Gasteiger partial charge < -0.3 is 10.1 Å². The minimum absolute atomic E-state index is 0.216. The molecule has 0 saturated heterocycles. The van der Waals surface area contributed by atoms with Crippen molar-refractivity contribution in [2.24, 2.45) is 5.92 Å². The van der Waals surface area contributed by atoms with Gasteiger partial charge in [0.1, 0.15) is 0 Å². The molecule has 0 radical (unpaired) electrons. The van der Waals surface area contributed by atoms with Crippen molar-refractivity contribution in [3.8, 4) is 5.69 Å². The van der Waals surface area contributed by atoms with Crippen molar-refractivity contribution in [1.29, 1.82) is 0 Å². The fourth-order valence-electron chi connectivity index (χ4n) is 2.02. The Morgan fingerprint density at radius 1 is 1.40 bits per heavy atom. The highest BCUT2D eigenvalue weighted by molar-refractivity contribution is 6.31. The van der Waals surface area contributed by atoms with Crippen molar-refractivity contribution in [3.05, 3.63) is 41.7 Å². The average molecular weight is 294 g/mol. The van der Waals surface area contributed by atoms with Crippen LogP contribution in [0.3, 0.4) is 0 Å². The molecule has 0 aliphatic carbocycles. The molecule has 0 saturated carbocycles. The van der Waals surface area contributed by atoms with Crippen LogP contribution in [0.5, 0.6) is 0 Å². The number of benzene rings is 1. The van der Waals surface area contributed by atoms with Crippen molar-refractivity contribution < 1.29 is 4.74 Å². The summed E-state index contributed by atoms with van der Waals surface area (Å²) < 4.78 is 7.10. The maximum absolute atomic E-state index is 6.12. The molecule has 2 aromatic rings. The van der Waals surface area contributed by atoms with E-state index in [0.717, 1.165) is 11.4 Å². The first-order chi connectivity index (χ1) is 9.61. The van der Waals surface area contributed by atoms with E-state index in [1.165, 1.54) is 0 Å². The Kier molecular flexibility index (Phi) is 5.04. The highest BCUT2D eigenvalue weighted by Gasteiger charge is 2.15.